The molecule has 1 aromatic carbocycles. The summed E-state index contributed by atoms with van der Waals surface area (Å²) in [5.41, 5.74) is 0. The van der Waals surface area contributed by atoms with Crippen molar-refractivity contribution in [2.24, 2.45) is 11.8 Å². The van der Waals surface area contributed by atoms with Crippen LogP contribution in [-0.4, -0.2) is 44.1 Å². The number of benzene rings is 1. The molecule has 10 heteroatoms. The van der Waals surface area contributed by atoms with E-state index in [0.29, 0.717) is 18.8 Å². The van der Waals surface area contributed by atoms with Crippen LogP contribution in [-0.2, 0) is 14.8 Å². The molecule has 0 aromatic heterocycles. The number of halogens is 3. The molecule has 1 aliphatic carbocycles. The van der Waals surface area contributed by atoms with Crippen molar-refractivity contribution in [3.8, 4) is 5.75 Å². The third-order valence-corrected chi connectivity index (χ3v) is 7.84. The van der Waals surface area contributed by atoms with Gasteiger partial charge in [-0.2, -0.15) is 4.31 Å². The van der Waals surface area contributed by atoms with Crippen LogP contribution in [0.25, 0.3) is 0 Å². The maximum atomic E-state index is 12.8. The first-order chi connectivity index (χ1) is 14.1. The van der Waals surface area contributed by atoms with Crippen molar-refractivity contribution < 1.29 is 31.1 Å². The first kappa shape index (κ1) is 22.9. The van der Waals surface area contributed by atoms with Gasteiger partial charge in [0.05, 0.1) is 4.90 Å². The zero-order chi connectivity index (χ0) is 21.9. The minimum Gasteiger partial charge on any atom is -0.406 e. The van der Waals surface area contributed by atoms with Crippen molar-refractivity contribution in [3.05, 3.63) is 24.3 Å². The Balaban J connectivity index is 1.60. The van der Waals surface area contributed by atoms with Gasteiger partial charge in [0.15, 0.2) is 0 Å². The Morgan fingerprint density at radius 3 is 2.43 bits per heavy atom. The van der Waals surface area contributed by atoms with Gasteiger partial charge in [-0.15, -0.1) is 13.2 Å². The Labute approximate surface area is 174 Å². The SMILES string of the molecule is C[C@@H]1CCCC[C@H]1NC(=O)C1CCN(S(=O)(=O)c2cccc(OC(F)(F)F)c2)CC1. The van der Waals surface area contributed by atoms with Gasteiger partial charge in [-0.1, -0.05) is 25.8 Å². The van der Waals surface area contributed by atoms with Crippen molar-refractivity contribution >= 4 is 15.9 Å². The molecule has 1 N–H and O–H groups in total. The van der Waals surface area contributed by atoms with E-state index in [1.54, 1.807) is 0 Å². The number of rotatable bonds is 5. The Bertz CT molecular complexity index is 852. The standard InChI is InChI=1S/C20H27F3N2O4S/c1-14-5-2-3-8-18(14)24-19(26)15-9-11-25(12-10-15)30(27,28)17-7-4-6-16(13-17)29-20(21,22)23/h4,6-7,13-15,18H,2-3,5,8-12H2,1H3,(H,24,26)/t14-,18-/m1/s1. The van der Waals surface area contributed by atoms with E-state index in [-0.39, 0.29) is 35.9 Å². The van der Waals surface area contributed by atoms with Crippen LogP contribution in [0.15, 0.2) is 29.2 Å². The topological polar surface area (TPSA) is 75.7 Å². The van der Waals surface area contributed by atoms with E-state index in [9.17, 15) is 26.4 Å². The number of carbonyl (C=O) groups is 1. The Hall–Kier alpha value is -1.81. The summed E-state index contributed by atoms with van der Waals surface area (Å²) in [6, 6.07) is 4.53. The molecule has 2 fully saturated rings. The maximum Gasteiger partial charge on any atom is 0.573 e. The average Bonchev–Trinajstić information content (AvgIpc) is 2.69. The van der Waals surface area contributed by atoms with Crippen LogP contribution in [0.2, 0.25) is 0 Å². The van der Waals surface area contributed by atoms with Crippen molar-refractivity contribution in [3.63, 3.8) is 0 Å². The molecule has 2 atom stereocenters. The van der Waals surface area contributed by atoms with E-state index in [1.807, 2.05) is 0 Å². The molecule has 168 valence electrons. The smallest absolute Gasteiger partial charge is 0.406 e. The molecule has 0 radical (unpaired) electrons. The predicted octanol–water partition coefficient (Wildman–Crippen LogP) is 3.68. The van der Waals surface area contributed by atoms with Crippen molar-refractivity contribution in [1.29, 1.82) is 0 Å². The molecule has 0 spiro atoms. The van der Waals surface area contributed by atoms with Crippen LogP contribution < -0.4 is 10.1 Å². The number of sulfonamides is 1. The lowest BCUT2D eigenvalue weighted by Gasteiger charge is -2.34. The number of carbonyl (C=O) groups excluding carboxylic acids is 1. The fraction of sp³-hybridized carbons (Fsp3) is 0.650. The number of alkyl halides is 3. The van der Waals surface area contributed by atoms with E-state index in [0.717, 1.165) is 31.4 Å². The summed E-state index contributed by atoms with van der Waals surface area (Å²) in [5.74, 6) is -0.439. The molecule has 1 aliphatic heterocycles. The van der Waals surface area contributed by atoms with Gasteiger partial charge in [0.2, 0.25) is 15.9 Å². The number of nitrogens with one attached hydrogen (secondary N) is 1. The lowest BCUT2D eigenvalue weighted by atomic mass is 9.85. The van der Waals surface area contributed by atoms with Crippen molar-refractivity contribution in [1.82, 2.24) is 9.62 Å². The molecule has 2 aliphatic rings. The molecular weight excluding hydrogens is 421 g/mol. The van der Waals surface area contributed by atoms with E-state index >= 15 is 0 Å². The monoisotopic (exact) mass is 448 g/mol. The van der Waals surface area contributed by atoms with E-state index in [2.05, 4.69) is 17.0 Å². The van der Waals surface area contributed by atoms with Gasteiger partial charge >= 0.3 is 6.36 Å². The summed E-state index contributed by atoms with van der Waals surface area (Å²) in [6.07, 6.45) is 0.205. The molecular formula is C20H27F3N2O4S. The number of hydrogen-bond acceptors (Lipinski definition) is 4. The highest BCUT2D eigenvalue weighted by molar-refractivity contribution is 7.89. The first-order valence-corrected chi connectivity index (χ1v) is 11.7. The normalized spacial score (nSPS) is 24.4. The Morgan fingerprint density at radius 1 is 1.13 bits per heavy atom. The summed E-state index contributed by atoms with van der Waals surface area (Å²) in [7, 11) is -3.97. The largest absolute Gasteiger partial charge is 0.573 e. The molecule has 0 bridgehead atoms. The molecule has 30 heavy (non-hydrogen) atoms. The Kier molecular flexibility index (Phi) is 6.96. The van der Waals surface area contributed by atoms with Gasteiger partial charge in [0.1, 0.15) is 5.75 Å². The summed E-state index contributed by atoms with van der Waals surface area (Å²) in [6.45, 7) is 2.42. The summed E-state index contributed by atoms with van der Waals surface area (Å²) < 4.78 is 67.9. The summed E-state index contributed by atoms with van der Waals surface area (Å²) in [5, 5.41) is 3.12. The van der Waals surface area contributed by atoms with E-state index in [1.165, 1.54) is 22.9 Å². The second-order valence-corrected chi connectivity index (χ2v) is 10.0. The molecule has 1 aromatic rings. The molecule has 1 heterocycles. The quantitative estimate of drug-likeness (QED) is 0.746. The lowest BCUT2D eigenvalue weighted by molar-refractivity contribution is -0.274. The van der Waals surface area contributed by atoms with Gasteiger partial charge < -0.3 is 10.1 Å². The minimum absolute atomic E-state index is 0.0358. The highest BCUT2D eigenvalue weighted by Gasteiger charge is 2.35. The summed E-state index contributed by atoms with van der Waals surface area (Å²) >= 11 is 0. The van der Waals surface area contributed by atoms with Gasteiger partial charge in [-0.3, -0.25) is 4.79 Å². The van der Waals surface area contributed by atoms with E-state index < -0.39 is 22.1 Å². The van der Waals surface area contributed by atoms with Crippen LogP contribution >= 0.6 is 0 Å². The highest BCUT2D eigenvalue weighted by Crippen LogP contribution is 2.29. The lowest BCUT2D eigenvalue weighted by Crippen LogP contribution is -2.47. The minimum atomic E-state index is -4.90. The zero-order valence-electron chi connectivity index (χ0n) is 16.8. The van der Waals surface area contributed by atoms with Gasteiger partial charge in [0, 0.05) is 31.1 Å². The predicted molar refractivity (Wildman–Crippen MR) is 104 cm³/mol. The third-order valence-electron chi connectivity index (χ3n) is 5.94. The van der Waals surface area contributed by atoms with Crippen molar-refractivity contribution in [2.75, 3.05) is 13.1 Å². The number of ether oxygens (including phenoxy) is 1. The van der Waals surface area contributed by atoms with Crippen LogP contribution in [0.5, 0.6) is 5.75 Å². The molecule has 6 nitrogen and oxygen atoms in total. The van der Waals surface area contributed by atoms with Crippen LogP contribution in [0, 0.1) is 11.8 Å². The molecule has 1 amide bonds. The van der Waals surface area contributed by atoms with Crippen LogP contribution in [0.1, 0.15) is 45.4 Å². The molecule has 1 saturated heterocycles. The van der Waals surface area contributed by atoms with Crippen LogP contribution in [0.3, 0.4) is 0 Å². The number of nitrogens with zero attached hydrogens (tertiary/aromatic N) is 1. The molecule has 3 rings (SSSR count). The highest BCUT2D eigenvalue weighted by atomic mass is 32.2. The van der Waals surface area contributed by atoms with Gasteiger partial charge in [0.25, 0.3) is 0 Å². The Morgan fingerprint density at radius 2 is 1.80 bits per heavy atom. The fourth-order valence-electron chi connectivity index (χ4n) is 4.17. The van der Waals surface area contributed by atoms with Crippen LogP contribution in [0.4, 0.5) is 13.2 Å². The van der Waals surface area contributed by atoms with Gasteiger partial charge in [-0.05, 0) is 43.7 Å². The third kappa shape index (κ3) is 5.66. The first-order valence-electron chi connectivity index (χ1n) is 10.2. The van der Waals surface area contributed by atoms with Gasteiger partial charge in [-0.25, -0.2) is 8.42 Å². The second-order valence-electron chi connectivity index (χ2n) is 8.08. The van der Waals surface area contributed by atoms with E-state index in [4.69, 9.17) is 0 Å². The number of piperidine rings is 1. The number of hydrogen-bond donors (Lipinski definition) is 1. The molecule has 0 unspecified atom stereocenters. The maximum absolute atomic E-state index is 12.8. The van der Waals surface area contributed by atoms with Crippen molar-refractivity contribution in [2.45, 2.75) is 62.7 Å². The zero-order valence-corrected chi connectivity index (χ0v) is 17.6. The molecule has 1 saturated carbocycles. The number of amides is 1. The fourth-order valence-corrected chi connectivity index (χ4v) is 5.68. The summed E-state index contributed by atoms with van der Waals surface area (Å²) in [4.78, 5) is 12.4. The average molecular weight is 449 g/mol. The second kappa shape index (κ2) is 9.13.